The lowest BCUT2D eigenvalue weighted by atomic mass is 9.88. The van der Waals surface area contributed by atoms with Crippen LogP contribution in [0.3, 0.4) is 0 Å². The molecule has 0 spiro atoms. The minimum absolute atomic E-state index is 0.0284. The minimum atomic E-state index is -0.272. The second kappa shape index (κ2) is 10.7. The molecule has 0 saturated carbocycles. The smallest absolute Gasteiger partial charge is 0.123 e. The molecule has 30 heavy (non-hydrogen) atoms. The van der Waals surface area contributed by atoms with Crippen LogP contribution < -0.4 is 4.74 Å². The summed E-state index contributed by atoms with van der Waals surface area (Å²) < 4.78 is 19.4. The summed E-state index contributed by atoms with van der Waals surface area (Å²) in [6, 6.07) is 24.5. The van der Waals surface area contributed by atoms with Crippen molar-refractivity contribution < 1.29 is 14.2 Å². The zero-order valence-corrected chi connectivity index (χ0v) is 17.5. The molecule has 0 aliphatic rings. The number of hydrogen-bond acceptors (Lipinski definition) is 3. The van der Waals surface area contributed by atoms with Crippen LogP contribution in [0, 0.1) is 5.82 Å². The number of halogens is 1. The van der Waals surface area contributed by atoms with Crippen molar-refractivity contribution >= 4 is 11.1 Å². The first-order valence-electron chi connectivity index (χ1n) is 10.1. The van der Waals surface area contributed by atoms with Crippen LogP contribution in [0.2, 0.25) is 0 Å². The number of benzene rings is 3. The molecule has 0 aliphatic heterocycles. The monoisotopic (exact) mass is 405 g/mol. The van der Waals surface area contributed by atoms with Gasteiger partial charge in [-0.1, -0.05) is 54.6 Å². The van der Waals surface area contributed by atoms with E-state index in [4.69, 9.17) is 4.74 Å². The third-order valence-corrected chi connectivity index (χ3v) is 4.87. The fourth-order valence-electron chi connectivity index (χ4n) is 3.36. The van der Waals surface area contributed by atoms with E-state index in [-0.39, 0.29) is 12.4 Å². The molecule has 0 aromatic heterocycles. The minimum Gasteiger partial charge on any atom is -0.492 e. The number of nitrogens with zero attached hydrogens (tertiary/aromatic N) is 1. The lowest BCUT2D eigenvalue weighted by Crippen LogP contribution is -2.19. The summed E-state index contributed by atoms with van der Waals surface area (Å²) in [5.41, 5.74) is 4.94. The molecule has 3 rings (SSSR count). The fourth-order valence-corrected chi connectivity index (χ4v) is 3.36. The number of ether oxygens (including phenoxy) is 1. The summed E-state index contributed by atoms with van der Waals surface area (Å²) in [6.45, 7) is 1.49. The Balaban J connectivity index is 2.04. The fraction of sp³-hybridized carbons (Fsp3) is 0.231. The van der Waals surface area contributed by atoms with Crippen molar-refractivity contribution in [3.05, 3.63) is 101 Å². The van der Waals surface area contributed by atoms with Crippen molar-refractivity contribution in [3.63, 3.8) is 0 Å². The van der Waals surface area contributed by atoms with Gasteiger partial charge in [0.2, 0.25) is 0 Å². The first-order chi connectivity index (χ1) is 14.6. The third kappa shape index (κ3) is 5.78. The maximum Gasteiger partial charge on any atom is 0.123 e. The van der Waals surface area contributed by atoms with Crippen molar-refractivity contribution in [2.24, 2.45) is 0 Å². The summed E-state index contributed by atoms with van der Waals surface area (Å²) in [5, 5.41) is 9.75. The van der Waals surface area contributed by atoms with Crippen molar-refractivity contribution in [1.29, 1.82) is 0 Å². The lowest BCUT2D eigenvalue weighted by Gasteiger charge is -2.17. The van der Waals surface area contributed by atoms with Crippen molar-refractivity contribution in [1.82, 2.24) is 4.90 Å². The first-order valence-corrected chi connectivity index (χ1v) is 10.1. The Morgan fingerprint density at radius 3 is 2.00 bits per heavy atom. The Hall–Kier alpha value is -2.95. The largest absolute Gasteiger partial charge is 0.492 e. The second-order valence-corrected chi connectivity index (χ2v) is 7.38. The molecule has 3 nitrogen and oxygen atoms in total. The van der Waals surface area contributed by atoms with E-state index in [0.29, 0.717) is 13.0 Å². The van der Waals surface area contributed by atoms with E-state index in [9.17, 15) is 9.50 Å². The van der Waals surface area contributed by atoms with Crippen molar-refractivity contribution in [3.8, 4) is 5.75 Å². The van der Waals surface area contributed by atoms with E-state index in [2.05, 4.69) is 4.90 Å². The van der Waals surface area contributed by atoms with Gasteiger partial charge in [-0.05, 0) is 72.6 Å². The number of aliphatic hydroxyl groups is 1. The molecular weight excluding hydrogens is 377 g/mol. The summed E-state index contributed by atoms with van der Waals surface area (Å²) >= 11 is 0. The number of rotatable bonds is 9. The van der Waals surface area contributed by atoms with Crippen molar-refractivity contribution in [2.45, 2.75) is 6.42 Å². The predicted molar refractivity (Wildman–Crippen MR) is 121 cm³/mol. The van der Waals surface area contributed by atoms with Gasteiger partial charge in [0.15, 0.2) is 0 Å². The van der Waals surface area contributed by atoms with Crippen LogP contribution in [0.25, 0.3) is 11.1 Å². The van der Waals surface area contributed by atoms with Crippen LogP contribution in [0.1, 0.15) is 23.1 Å². The molecule has 0 fully saturated rings. The van der Waals surface area contributed by atoms with Gasteiger partial charge in [0.1, 0.15) is 18.2 Å². The van der Waals surface area contributed by atoms with Gasteiger partial charge in [0.05, 0.1) is 0 Å². The summed E-state index contributed by atoms with van der Waals surface area (Å²) in [7, 11) is 4.02. The normalized spacial score (nSPS) is 12.0. The Kier molecular flexibility index (Phi) is 7.77. The second-order valence-electron chi connectivity index (χ2n) is 7.38. The molecular formula is C26H28FNO2. The Morgan fingerprint density at radius 1 is 0.833 bits per heavy atom. The van der Waals surface area contributed by atoms with E-state index < -0.39 is 0 Å². The van der Waals surface area contributed by atoms with E-state index in [0.717, 1.165) is 40.1 Å². The summed E-state index contributed by atoms with van der Waals surface area (Å²) in [4.78, 5) is 2.07. The lowest BCUT2D eigenvalue weighted by molar-refractivity contribution is 0.261. The van der Waals surface area contributed by atoms with Crippen LogP contribution in [0.4, 0.5) is 4.39 Å². The Bertz CT molecular complexity index is 949. The van der Waals surface area contributed by atoms with Gasteiger partial charge >= 0.3 is 0 Å². The summed E-state index contributed by atoms with van der Waals surface area (Å²) in [5.74, 6) is 0.536. The van der Waals surface area contributed by atoms with Gasteiger partial charge < -0.3 is 14.7 Å². The zero-order chi connectivity index (χ0) is 21.3. The molecule has 0 bridgehead atoms. The molecule has 0 amide bonds. The molecule has 0 heterocycles. The SMILES string of the molecule is CN(C)CCOc1ccc(/C(=C(/CCO)c2ccccc2)c2ccc(F)cc2)cc1. The van der Waals surface area contributed by atoms with Gasteiger partial charge in [-0.2, -0.15) is 0 Å². The molecule has 0 aliphatic carbocycles. The van der Waals surface area contributed by atoms with E-state index in [1.54, 1.807) is 12.1 Å². The van der Waals surface area contributed by atoms with Gasteiger partial charge in [-0.15, -0.1) is 0 Å². The Morgan fingerprint density at radius 2 is 1.43 bits per heavy atom. The quantitative estimate of drug-likeness (QED) is 0.502. The summed E-state index contributed by atoms with van der Waals surface area (Å²) in [6.07, 6.45) is 0.498. The highest BCUT2D eigenvalue weighted by Gasteiger charge is 2.14. The predicted octanol–water partition coefficient (Wildman–Crippen LogP) is 5.11. The first kappa shape index (κ1) is 21.8. The molecule has 0 radical (unpaired) electrons. The van der Waals surface area contributed by atoms with Crippen LogP contribution in [0.15, 0.2) is 78.9 Å². The van der Waals surface area contributed by atoms with Gasteiger partial charge in [0.25, 0.3) is 0 Å². The molecule has 3 aromatic rings. The van der Waals surface area contributed by atoms with E-state index in [1.165, 1.54) is 12.1 Å². The number of likely N-dealkylation sites (N-methyl/N-ethyl adjacent to an activating group) is 1. The maximum absolute atomic E-state index is 13.6. The molecule has 3 aromatic carbocycles. The zero-order valence-electron chi connectivity index (χ0n) is 17.5. The van der Waals surface area contributed by atoms with Gasteiger partial charge in [-0.25, -0.2) is 4.39 Å². The standard InChI is InChI=1S/C26H28FNO2/c1-28(2)17-19-30-24-14-10-22(11-15-24)26(21-8-12-23(27)13-9-21)25(16-18-29)20-6-4-3-5-7-20/h3-15,29H,16-19H2,1-2H3/b26-25-. The third-order valence-electron chi connectivity index (χ3n) is 4.87. The van der Waals surface area contributed by atoms with Crippen LogP contribution in [-0.2, 0) is 0 Å². The highest BCUT2D eigenvalue weighted by molar-refractivity contribution is 5.98. The topological polar surface area (TPSA) is 32.7 Å². The molecule has 1 N–H and O–H groups in total. The number of hydrogen-bond donors (Lipinski definition) is 1. The van der Waals surface area contributed by atoms with Crippen molar-refractivity contribution in [2.75, 3.05) is 33.9 Å². The average molecular weight is 406 g/mol. The van der Waals surface area contributed by atoms with Crippen LogP contribution in [-0.4, -0.2) is 43.9 Å². The molecule has 0 saturated heterocycles. The van der Waals surface area contributed by atoms with Crippen LogP contribution in [0.5, 0.6) is 5.75 Å². The highest BCUT2D eigenvalue weighted by Crippen LogP contribution is 2.35. The molecule has 4 heteroatoms. The Labute approximate surface area is 178 Å². The molecule has 156 valence electrons. The van der Waals surface area contributed by atoms with Gasteiger partial charge in [0, 0.05) is 13.2 Å². The maximum atomic E-state index is 13.6. The van der Waals surface area contributed by atoms with E-state index >= 15 is 0 Å². The number of aliphatic hydroxyl groups excluding tert-OH is 1. The van der Waals surface area contributed by atoms with E-state index in [1.807, 2.05) is 68.7 Å². The molecule has 0 unspecified atom stereocenters. The van der Waals surface area contributed by atoms with Gasteiger partial charge in [-0.3, -0.25) is 0 Å². The van der Waals surface area contributed by atoms with Crippen LogP contribution >= 0.6 is 0 Å². The highest BCUT2D eigenvalue weighted by atomic mass is 19.1. The average Bonchev–Trinajstić information content (AvgIpc) is 2.76. The molecule has 0 atom stereocenters.